The molecule has 0 spiro atoms. The smallest absolute Gasteiger partial charge is 0.336 e. The van der Waals surface area contributed by atoms with Crippen LogP contribution in [0.15, 0.2) is 29.1 Å². The van der Waals surface area contributed by atoms with Crippen LogP contribution in [0.25, 0.3) is 10.1 Å². The van der Waals surface area contributed by atoms with Crippen molar-refractivity contribution in [2.24, 2.45) is 0 Å². The summed E-state index contributed by atoms with van der Waals surface area (Å²) >= 11 is 1.22. The van der Waals surface area contributed by atoms with Crippen molar-refractivity contribution in [2.45, 2.75) is 12.6 Å². The first-order valence-electron chi connectivity index (χ1n) is 4.98. The second-order valence-electron chi connectivity index (χ2n) is 3.49. The third kappa shape index (κ3) is 2.22. The molecule has 0 aliphatic heterocycles. The maximum absolute atomic E-state index is 11.9. The average Bonchev–Trinajstić information content (AvgIpc) is 2.66. The summed E-state index contributed by atoms with van der Waals surface area (Å²) < 4.78 is 6.58. The van der Waals surface area contributed by atoms with Gasteiger partial charge in [-0.2, -0.15) is 0 Å². The number of fused-ring (bicyclic) bond motifs is 1. The van der Waals surface area contributed by atoms with Crippen LogP contribution in [0.5, 0.6) is 0 Å². The van der Waals surface area contributed by atoms with Crippen LogP contribution < -0.4 is 5.56 Å². The van der Waals surface area contributed by atoms with Gasteiger partial charge >= 0.3 is 5.97 Å². The van der Waals surface area contributed by atoms with Crippen LogP contribution in [0.4, 0.5) is 0 Å². The Labute approximate surface area is 101 Å². The molecular weight excluding hydrogens is 242 g/mol. The summed E-state index contributed by atoms with van der Waals surface area (Å²) in [5, 5.41) is 10.1. The van der Waals surface area contributed by atoms with E-state index in [1.807, 2.05) is 12.1 Å². The number of aliphatic hydroxyl groups is 1. The molecule has 0 radical (unpaired) electrons. The van der Waals surface area contributed by atoms with Crippen molar-refractivity contribution >= 4 is 27.6 Å². The normalized spacial score (nSPS) is 12.6. The summed E-state index contributed by atoms with van der Waals surface area (Å²) in [5.74, 6) is -0.741. The summed E-state index contributed by atoms with van der Waals surface area (Å²) in [7, 11) is 1.19. The lowest BCUT2D eigenvalue weighted by atomic mass is 10.3. The topological polar surface area (TPSA) is 68.5 Å². The van der Waals surface area contributed by atoms with Gasteiger partial charge in [0.1, 0.15) is 0 Å². The number of aliphatic hydroxyl groups excluding tert-OH is 1. The van der Waals surface area contributed by atoms with E-state index in [9.17, 15) is 14.7 Å². The zero-order valence-corrected chi connectivity index (χ0v) is 9.94. The minimum atomic E-state index is -1.31. The molecule has 6 heteroatoms. The molecule has 0 aliphatic carbocycles. The molecule has 0 amide bonds. The highest BCUT2D eigenvalue weighted by atomic mass is 32.1. The maximum atomic E-state index is 11.9. The molecule has 0 saturated carbocycles. The number of hydrogen-bond acceptors (Lipinski definition) is 5. The molecule has 0 fully saturated rings. The lowest BCUT2D eigenvalue weighted by Crippen LogP contribution is -2.29. The summed E-state index contributed by atoms with van der Waals surface area (Å²) in [4.78, 5) is 22.9. The van der Waals surface area contributed by atoms with E-state index in [4.69, 9.17) is 0 Å². The fraction of sp³-hybridized carbons (Fsp3) is 0.273. The molecule has 2 rings (SSSR count). The molecular formula is C11H11NO4S. The molecule has 0 bridgehead atoms. The van der Waals surface area contributed by atoms with Gasteiger partial charge in [0, 0.05) is 0 Å². The summed E-state index contributed by atoms with van der Waals surface area (Å²) in [6.45, 7) is -0.0785. The SMILES string of the molecule is COC(=O)C(O)Cn1sc2ccccc2c1=O. The lowest BCUT2D eigenvalue weighted by Gasteiger charge is -2.06. The van der Waals surface area contributed by atoms with Crippen molar-refractivity contribution in [3.63, 3.8) is 0 Å². The van der Waals surface area contributed by atoms with Crippen LogP contribution in [0, 0.1) is 0 Å². The van der Waals surface area contributed by atoms with E-state index in [-0.39, 0.29) is 12.1 Å². The molecule has 1 heterocycles. The Morgan fingerprint density at radius 3 is 2.88 bits per heavy atom. The standard InChI is InChI=1S/C11H11NO4S/c1-16-11(15)8(13)6-12-10(14)7-4-2-3-5-9(7)17-12/h2-5,8,13H,6H2,1H3. The van der Waals surface area contributed by atoms with Crippen LogP contribution in [0.2, 0.25) is 0 Å². The zero-order chi connectivity index (χ0) is 12.4. The monoisotopic (exact) mass is 253 g/mol. The van der Waals surface area contributed by atoms with Crippen LogP contribution in [-0.4, -0.2) is 28.2 Å². The predicted octanol–water partition coefficient (Wildman–Crippen LogP) is 0.597. The highest BCUT2D eigenvalue weighted by Gasteiger charge is 2.18. The van der Waals surface area contributed by atoms with Gasteiger partial charge in [0.05, 0.1) is 23.7 Å². The third-order valence-electron chi connectivity index (χ3n) is 2.36. The Hall–Kier alpha value is -1.66. The first-order valence-corrected chi connectivity index (χ1v) is 5.75. The number of benzene rings is 1. The fourth-order valence-electron chi connectivity index (χ4n) is 1.51. The Morgan fingerprint density at radius 1 is 1.53 bits per heavy atom. The first kappa shape index (κ1) is 11.8. The minimum absolute atomic E-state index is 0.0785. The number of ether oxygens (including phenoxy) is 1. The van der Waals surface area contributed by atoms with Crippen molar-refractivity contribution in [1.29, 1.82) is 0 Å². The largest absolute Gasteiger partial charge is 0.467 e. The van der Waals surface area contributed by atoms with Crippen molar-refractivity contribution < 1.29 is 14.6 Å². The Balaban J connectivity index is 2.34. The van der Waals surface area contributed by atoms with Gasteiger partial charge in [-0.25, -0.2) is 4.79 Å². The maximum Gasteiger partial charge on any atom is 0.336 e. The van der Waals surface area contributed by atoms with Gasteiger partial charge < -0.3 is 9.84 Å². The molecule has 90 valence electrons. The summed E-state index contributed by atoms with van der Waals surface area (Å²) in [6.07, 6.45) is -1.31. The minimum Gasteiger partial charge on any atom is -0.467 e. The second-order valence-corrected chi connectivity index (χ2v) is 4.56. The fourth-order valence-corrected chi connectivity index (χ4v) is 2.53. The van der Waals surface area contributed by atoms with E-state index in [0.29, 0.717) is 5.39 Å². The van der Waals surface area contributed by atoms with Gasteiger partial charge in [0.25, 0.3) is 5.56 Å². The molecule has 5 nitrogen and oxygen atoms in total. The van der Waals surface area contributed by atoms with E-state index in [1.165, 1.54) is 22.6 Å². The predicted molar refractivity (Wildman–Crippen MR) is 64.1 cm³/mol. The van der Waals surface area contributed by atoms with Crippen LogP contribution >= 0.6 is 11.5 Å². The highest BCUT2D eigenvalue weighted by Crippen LogP contribution is 2.16. The number of methoxy groups -OCH3 is 1. The number of hydrogen-bond donors (Lipinski definition) is 1. The van der Waals surface area contributed by atoms with Crippen LogP contribution in [0.1, 0.15) is 0 Å². The average molecular weight is 253 g/mol. The van der Waals surface area contributed by atoms with Gasteiger partial charge in [-0.3, -0.25) is 8.75 Å². The van der Waals surface area contributed by atoms with E-state index < -0.39 is 12.1 Å². The molecule has 1 N–H and O–H groups in total. The van der Waals surface area contributed by atoms with Gasteiger partial charge in [0.2, 0.25) is 0 Å². The molecule has 17 heavy (non-hydrogen) atoms. The molecule has 1 aromatic heterocycles. The number of carbonyl (C=O) groups is 1. The lowest BCUT2D eigenvalue weighted by molar-refractivity contribution is -0.150. The molecule has 1 unspecified atom stereocenters. The van der Waals surface area contributed by atoms with Crippen molar-refractivity contribution in [2.75, 3.05) is 7.11 Å². The number of carbonyl (C=O) groups excluding carboxylic acids is 1. The second kappa shape index (κ2) is 4.68. The molecule has 0 aliphatic rings. The Morgan fingerprint density at radius 2 is 2.24 bits per heavy atom. The number of aromatic nitrogens is 1. The van der Waals surface area contributed by atoms with Gasteiger partial charge in [-0.05, 0) is 12.1 Å². The van der Waals surface area contributed by atoms with E-state index in [1.54, 1.807) is 12.1 Å². The summed E-state index contributed by atoms with van der Waals surface area (Å²) in [5.41, 5.74) is -0.200. The van der Waals surface area contributed by atoms with Crippen molar-refractivity contribution in [3.8, 4) is 0 Å². The zero-order valence-electron chi connectivity index (χ0n) is 9.12. The Bertz CT molecular complexity index is 601. The molecule has 1 aromatic carbocycles. The van der Waals surface area contributed by atoms with Crippen LogP contribution in [-0.2, 0) is 16.1 Å². The van der Waals surface area contributed by atoms with Crippen molar-refractivity contribution in [1.82, 2.24) is 3.96 Å². The highest BCUT2D eigenvalue weighted by molar-refractivity contribution is 7.13. The van der Waals surface area contributed by atoms with Crippen LogP contribution in [0.3, 0.4) is 0 Å². The van der Waals surface area contributed by atoms with Gasteiger partial charge in [-0.15, -0.1) is 0 Å². The Kier molecular flexibility index (Phi) is 3.26. The summed E-state index contributed by atoms with van der Waals surface area (Å²) in [6, 6.07) is 7.15. The molecule has 0 saturated heterocycles. The van der Waals surface area contributed by atoms with Gasteiger partial charge in [-0.1, -0.05) is 23.7 Å². The van der Waals surface area contributed by atoms with E-state index >= 15 is 0 Å². The third-order valence-corrected chi connectivity index (χ3v) is 3.45. The van der Waals surface area contributed by atoms with Crippen molar-refractivity contribution in [3.05, 3.63) is 34.6 Å². The first-order chi connectivity index (χ1) is 8.13. The van der Waals surface area contributed by atoms with E-state index in [0.717, 1.165) is 4.70 Å². The number of nitrogens with zero attached hydrogens (tertiary/aromatic N) is 1. The molecule has 1 atom stereocenters. The quantitative estimate of drug-likeness (QED) is 0.813. The van der Waals surface area contributed by atoms with E-state index in [2.05, 4.69) is 4.74 Å². The molecule has 2 aromatic rings. The number of esters is 1. The van der Waals surface area contributed by atoms with Gasteiger partial charge in [0.15, 0.2) is 6.10 Å². The number of rotatable bonds is 3.